The first-order valence-electron chi connectivity index (χ1n) is 37.8. The predicted molar refractivity (Wildman–Crippen MR) is 450 cm³/mol. The summed E-state index contributed by atoms with van der Waals surface area (Å²) in [4.78, 5) is 11.1. The average molecular weight is 1380 g/mol. The average Bonchev–Trinajstić information content (AvgIpc) is 1.58. The van der Waals surface area contributed by atoms with Crippen LogP contribution < -0.4 is 0 Å². The Morgan fingerprint density at radius 2 is 0.500 bits per heavy atom. The quantitative estimate of drug-likeness (QED) is 0.144. The second-order valence-corrected chi connectivity index (χ2v) is 31.7. The van der Waals surface area contributed by atoms with Crippen molar-refractivity contribution in [2.24, 2.45) is 0 Å². The highest BCUT2D eigenvalue weighted by molar-refractivity contribution is 6.13. The van der Waals surface area contributed by atoms with Crippen molar-refractivity contribution in [1.82, 2.24) is 23.7 Å². The molecule has 0 saturated heterocycles. The van der Waals surface area contributed by atoms with Gasteiger partial charge in [0.25, 0.3) is 0 Å². The Morgan fingerprint density at radius 3 is 0.907 bits per heavy atom. The minimum Gasteiger partial charge on any atom is -0.309 e. The Kier molecular flexibility index (Phi) is 13.2. The van der Waals surface area contributed by atoms with E-state index >= 15 is 0 Å². The Bertz CT molecular complexity index is 6780. The molecule has 19 aromatic rings. The number of aromatic nitrogens is 5. The summed E-state index contributed by atoms with van der Waals surface area (Å²) in [5.74, 6) is 0.647. The first-order valence-corrected chi connectivity index (χ1v) is 37.8. The van der Waals surface area contributed by atoms with Crippen molar-refractivity contribution in [3.63, 3.8) is 0 Å². The zero-order chi connectivity index (χ0) is 72.1. The highest BCUT2D eigenvalue weighted by Gasteiger charge is 2.38. The molecule has 4 aromatic heterocycles. The van der Waals surface area contributed by atoms with E-state index in [2.05, 4.69) is 389 Å². The largest absolute Gasteiger partial charge is 0.309 e. The van der Waals surface area contributed by atoms with Crippen molar-refractivity contribution < 1.29 is 0 Å². The molecule has 0 bridgehead atoms. The second-order valence-electron chi connectivity index (χ2n) is 31.7. The molecule has 108 heavy (non-hydrogen) atoms. The van der Waals surface area contributed by atoms with Crippen LogP contribution in [0.25, 0.3) is 183 Å². The van der Waals surface area contributed by atoms with Crippen LogP contribution in [0.2, 0.25) is 0 Å². The lowest BCUT2D eigenvalue weighted by Crippen LogP contribution is -2.14. The lowest BCUT2D eigenvalue weighted by Gasteiger charge is -2.22. The van der Waals surface area contributed by atoms with E-state index in [1.807, 2.05) is 0 Å². The zero-order valence-electron chi connectivity index (χ0n) is 61.0. The third-order valence-electron chi connectivity index (χ3n) is 24.7. The van der Waals surface area contributed by atoms with Crippen molar-refractivity contribution in [1.29, 1.82) is 0 Å². The maximum Gasteiger partial charge on any atom is 0.160 e. The monoisotopic (exact) mass is 1380 g/mol. The Morgan fingerprint density at radius 1 is 0.194 bits per heavy atom. The van der Waals surface area contributed by atoms with Gasteiger partial charge in [0.1, 0.15) is 0 Å². The topological polar surface area (TPSA) is 40.6 Å². The molecule has 0 amide bonds. The van der Waals surface area contributed by atoms with E-state index in [-0.39, 0.29) is 16.2 Å². The molecule has 22 rings (SSSR count). The van der Waals surface area contributed by atoms with Crippen molar-refractivity contribution in [3.8, 4) is 118 Å². The summed E-state index contributed by atoms with van der Waals surface area (Å²) in [6, 6.07) is 124. The van der Waals surface area contributed by atoms with Gasteiger partial charge in [0.15, 0.2) is 5.82 Å². The van der Waals surface area contributed by atoms with Gasteiger partial charge in [-0.05, 0) is 228 Å². The molecule has 0 saturated carbocycles. The van der Waals surface area contributed by atoms with E-state index in [0.717, 1.165) is 78.2 Å². The minimum absolute atomic E-state index is 0.0862. The molecule has 0 unspecified atom stereocenters. The first kappa shape index (κ1) is 62.2. The van der Waals surface area contributed by atoms with Crippen LogP contribution in [-0.4, -0.2) is 23.7 Å². The number of hydrogen-bond donors (Lipinski definition) is 0. The molecular weight excluding hydrogens is 1310 g/mol. The fraction of sp³-hybridized carbons (Fsp3) is 0.0874. The van der Waals surface area contributed by atoms with Gasteiger partial charge in [0.2, 0.25) is 0 Å². The third kappa shape index (κ3) is 9.12. The van der Waals surface area contributed by atoms with Gasteiger partial charge in [-0.15, -0.1) is 0 Å². The Hall–Kier alpha value is -13.2. The van der Waals surface area contributed by atoms with Crippen LogP contribution in [0.3, 0.4) is 0 Å². The number of benzene rings is 15. The molecule has 5 heteroatoms. The highest BCUT2D eigenvalue weighted by Crippen LogP contribution is 2.54. The van der Waals surface area contributed by atoms with E-state index in [0.29, 0.717) is 5.82 Å². The normalized spacial score (nSPS) is 14.1. The van der Waals surface area contributed by atoms with Crippen LogP contribution in [0.1, 0.15) is 74.9 Å². The second kappa shape index (κ2) is 22.9. The Labute approximate surface area is 627 Å². The van der Waals surface area contributed by atoms with E-state index in [1.165, 1.54) is 132 Å². The molecular formula is C103H73N5. The maximum absolute atomic E-state index is 5.57. The number of fused-ring (bicyclic) bond motifs is 18. The molecule has 3 aliphatic carbocycles. The van der Waals surface area contributed by atoms with Crippen molar-refractivity contribution in [2.75, 3.05) is 0 Å². The molecule has 0 fully saturated rings. The molecule has 0 radical (unpaired) electrons. The standard InChI is InChI=1S/C103H73N5/c1-101(2)86-28-13-7-22-74(86)77-48-38-67(58-89(77)101)64-41-51-97-83(55-64)80-25-10-16-31-94(80)106(97)71-44-34-62(35-45-71)92-61-93(70-20-19-21-73(54-70)108-96-33-18-12-27-82(96)85-57-66(43-53-99(85)108)69-40-50-79-76-24-9-15-30-88(76)103(5,6)91(79)60-69)105-100(104-92)63-36-46-72(47-37-63)107-95-32-17-11-26-81(95)84-56-65(42-52-98(84)107)68-39-49-78-75-23-8-14-29-87(75)102(3,4)90(78)59-68/h7-61H,1-6H3. The fourth-order valence-corrected chi connectivity index (χ4v) is 19.2. The number of hydrogen-bond acceptors (Lipinski definition) is 2. The minimum atomic E-state index is -0.0940. The molecule has 510 valence electrons. The summed E-state index contributed by atoms with van der Waals surface area (Å²) in [5.41, 5.74) is 38.0. The zero-order valence-corrected chi connectivity index (χ0v) is 61.0. The summed E-state index contributed by atoms with van der Waals surface area (Å²) >= 11 is 0. The summed E-state index contributed by atoms with van der Waals surface area (Å²) in [6.45, 7) is 14.2. The van der Waals surface area contributed by atoms with Crippen molar-refractivity contribution >= 4 is 65.4 Å². The van der Waals surface area contributed by atoms with Gasteiger partial charge in [0, 0.05) is 82.3 Å². The first-order chi connectivity index (χ1) is 52.8. The molecule has 0 spiro atoms. The van der Waals surface area contributed by atoms with Gasteiger partial charge in [-0.1, -0.05) is 248 Å². The van der Waals surface area contributed by atoms with Crippen LogP contribution in [0.15, 0.2) is 334 Å². The van der Waals surface area contributed by atoms with Gasteiger partial charge in [0.05, 0.1) is 44.5 Å². The predicted octanol–water partition coefficient (Wildman–Crippen LogP) is 26.7. The van der Waals surface area contributed by atoms with E-state index in [4.69, 9.17) is 9.97 Å². The van der Waals surface area contributed by atoms with Crippen LogP contribution >= 0.6 is 0 Å². The van der Waals surface area contributed by atoms with E-state index < -0.39 is 0 Å². The maximum atomic E-state index is 5.57. The number of nitrogens with zero attached hydrogens (tertiary/aromatic N) is 5. The number of para-hydroxylation sites is 3. The smallest absolute Gasteiger partial charge is 0.160 e. The van der Waals surface area contributed by atoms with Gasteiger partial charge >= 0.3 is 0 Å². The molecule has 0 N–H and O–H groups in total. The molecule has 15 aromatic carbocycles. The summed E-state index contributed by atoms with van der Waals surface area (Å²) in [6.07, 6.45) is 0. The lowest BCUT2D eigenvalue weighted by atomic mass is 9.81. The van der Waals surface area contributed by atoms with Gasteiger partial charge < -0.3 is 13.7 Å². The lowest BCUT2D eigenvalue weighted by molar-refractivity contribution is 0.660. The van der Waals surface area contributed by atoms with E-state index in [1.54, 1.807) is 0 Å². The highest BCUT2D eigenvalue weighted by atomic mass is 15.0. The Balaban J connectivity index is 0.646. The van der Waals surface area contributed by atoms with Crippen molar-refractivity contribution in [3.05, 3.63) is 367 Å². The summed E-state index contributed by atoms with van der Waals surface area (Å²) in [7, 11) is 0. The summed E-state index contributed by atoms with van der Waals surface area (Å²) < 4.78 is 7.24. The van der Waals surface area contributed by atoms with Crippen LogP contribution in [0.5, 0.6) is 0 Å². The van der Waals surface area contributed by atoms with Crippen LogP contribution in [-0.2, 0) is 16.2 Å². The van der Waals surface area contributed by atoms with Gasteiger partial charge in [-0.3, -0.25) is 0 Å². The number of rotatable bonds is 9. The van der Waals surface area contributed by atoms with Gasteiger partial charge in [-0.25, -0.2) is 9.97 Å². The summed E-state index contributed by atoms with van der Waals surface area (Å²) in [5, 5.41) is 7.29. The van der Waals surface area contributed by atoms with Crippen LogP contribution in [0.4, 0.5) is 0 Å². The fourth-order valence-electron chi connectivity index (χ4n) is 19.2. The molecule has 0 atom stereocenters. The van der Waals surface area contributed by atoms with E-state index in [9.17, 15) is 0 Å². The van der Waals surface area contributed by atoms with Crippen LogP contribution in [0, 0.1) is 0 Å². The molecule has 0 aliphatic heterocycles. The molecule has 4 heterocycles. The molecule has 5 nitrogen and oxygen atoms in total. The SMILES string of the molecule is CC1(C)c2ccccc2-c2ccc(-c3ccc4c(c3)c3ccccc3n4-c3ccc(-c4cc(-c5cccc(-n6c7ccccc7c7cc(-c8ccc9c(c8)C(C)(C)c8ccccc8-9)ccc76)c5)nc(-c5ccc(-n6c7ccccc7c7cc(-c8ccc9c(c8)C(C)(C)c8ccccc8-9)ccc76)cc5)n4)cc3)cc21. The third-order valence-corrected chi connectivity index (χ3v) is 24.7. The molecule has 3 aliphatic rings. The van der Waals surface area contributed by atoms with Crippen molar-refractivity contribution in [2.45, 2.75) is 57.8 Å². The van der Waals surface area contributed by atoms with Gasteiger partial charge in [-0.2, -0.15) is 0 Å².